The zero-order valence-electron chi connectivity index (χ0n) is 16.3. The Kier molecular flexibility index (Phi) is 7.81. The molecule has 0 aromatic heterocycles. The predicted molar refractivity (Wildman–Crippen MR) is 104 cm³/mol. The number of carbonyl (C=O) groups excluding carboxylic acids is 2. The second-order valence-corrected chi connectivity index (χ2v) is 8.02. The van der Waals surface area contributed by atoms with Crippen molar-refractivity contribution < 1.29 is 14.7 Å². The SMILES string of the molecule is O=C1CC(C2CCNCC2)CC(=O)C1=CNCCN1CCN(CCO)CC1. The number of Topliss-reactive ketones (excluding diaryl/α,β-unsaturated/α-hetero) is 2. The Hall–Kier alpha value is -1.28. The molecule has 0 spiro atoms. The number of allylic oxidation sites excluding steroid dienone is 1. The molecule has 0 unspecified atom stereocenters. The largest absolute Gasteiger partial charge is 0.395 e. The third kappa shape index (κ3) is 5.85. The highest BCUT2D eigenvalue weighted by Gasteiger charge is 2.35. The van der Waals surface area contributed by atoms with Crippen molar-refractivity contribution in [3.63, 3.8) is 0 Å². The number of carbonyl (C=O) groups is 2. The van der Waals surface area contributed by atoms with Crippen molar-refractivity contribution in [2.75, 3.05) is 65.5 Å². The summed E-state index contributed by atoms with van der Waals surface area (Å²) < 4.78 is 0. The normalized spacial score (nSPS) is 26.4. The molecule has 0 bridgehead atoms. The van der Waals surface area contributed by atoms with Crippen molar-refractivity contribution in [1.29, 1.82) is 0 Å². The lowest BCUT2D eigenvalue weighted by atomic mass is 9.74. The fraction of sp³-hybridized carbons (Fsp3) is 0.800. The van der Waals surface area contributed by atoms with Gasteiger partial charge < -0.3 is 15.7 Å². The van der Waals surface area contributed by atoms with E-state index in [9.17, 15) is 9.59 Å². The summed E-state index contributed by atoms with van der Waals surface area (Å²) in [5.41, 5.74) is 0.368. The Morgan fingerprint density at radius 3 is 2.15 bits per heavy atom. The molecule has 3 aliphatic rings. The van der Waals surface area contributed by atoms with Crippen LogP contribution in [0.15, 0.2) is 11.8 Å². The van der Waals surface area contributed by atoms with E-state index in [4.69, 9.17) is 5.11 Å². The van der Waals surface area contributed by atoms with E-state index in [1.807, 2.05) is 0 Å². The number of aliphatic hydroxyl groups excluding tert-OH is 1. The predicted octanol–water partition coefficient (Wildman–Crippen LogP) is -0.382. The first-order chi connectivity index (χ1) is 13.2. The fourth-order valence-corrected chi connectivity index (χ4v) is 4.51. The van der Waals surface area contributed by atoms with E-state index in [1.54, 1.807) is 6.20 Å². The lowest BCUT2D eigenvalue weighted by Crippen LogP contribution is -2.48. The number of nitrogens with one attached hydrogen (secondary N) is 2. The van der Waals surface area contributed by atoms with Crippen LogP contribution < -0.4 is 10.6 Å². The first-order valence-corrected chi connectivity index (χ1v) is 10.4. The zero-order valence-corrected chi connectivity index (χ0v) is 16.3. The minimum atomic E-state index is 0.0138. The van der Waals surface area contributed by atoms with E-state index in [0.717, 1.165) is 71.7 Å². The lowest BCUT2D eigenvalue weighted by molar-refractivity contribution is -0.126. The summed E-state index contributed by atoms with van der Waals surface area (Å²) >= 11 is 0. The topological polar surface area (TPSA) is 84.9 Å². The third-order valence-electron chi connectivity index (χ3n) is 6.25. The van der Waals surface area contributed by atoms with Gasteiger partial charge in [0.1, 0.15) is 0 Å². The van der Waals surface area contributed by atoms with Crippen molar-refractivity contribution in [1.82, 2.24) is 20.4 Å². The lowest BCUT2D eigenvalue weighted by Gasteiger charge is -2.34. The molecule has 7 heteroatoms. The molecular weight excluding hydrogens is 344 g/mol. The van der Waals surface area contributed by atoms with E-state index in [0.29, 0.717) is 24.3 Å². The van der Waals surface area contributed by atoms with Gasteiger partial charge in [0.05, 0.1) is 12.2 Å². The molecule has 2 heterocycles. The molecule has 3 fully saturated rings. The molecule has 27 heavy (non-hydrogen) atoms. The van der Waals surface area contributed by atoms with Gasteiger partial charge in [-0.3, -0.25) is 19.4 Å². The number of hydrogen-bond acceptors (Lipinski definition) is 7. The van der Waals surface area contributed by atoms with Crippen LogP contribution in [0.3, 0.4) is 0 Å². The monoisotopic (exact) mass is 378 g/mol. The number of ketones is 2. The summed E-state index contributed by atoms with van der Waals surface area (Å²) in [6.45, 7) is 8.56. The standard InChI is InChI=1S/C20H34N4O3/c25-12-11-24-9-7-23(8-10-24)6-5-22-15-18-19(26)13-17(14-20(18)27)16-1-3-21-4-2-16/h15-17,21-22,25H,1-14H2. The van der Waals surface area contributed by atoms with Gasteiger partial charge in [0.2, 0.25) is 0 Å². The maximum atomic E-state index is 12.5. The van der Waals surface area contributed by atoms with Gasteiger partial charge in [0, 0.05) is 64.9 Å². The Balaban J connectivity index is 1.39. The molecule has 2 saturated heterocycles. The van der Waals surface area contributed by atoms with Gasteiger partial charge in [-0.05, 0) is 37.8 Å². The number of β-amino-alcohol motifs (C(OH)–C–C–N with tert-alkyl or cyclic N) is 1. The minimum absolute atomic E-state index is 0.0138. The summed E-state index contributed by atoms with van der Waals surface area (Å²) in [5, 5.41) is 15.5. The first kappa shape index (κ1) is 20.5. The van der Waals surface area contributed by atoms with Crippen molar-refractivity contribution in [3.05, 3.63) is 11.8 Å². The second-order valence-electron chi connectivity index (χ2n) is 8.02. The van der Waals surface area contributed by atoms with Gasteiger partial charge in [0.25, 0.3) is 0 Å². The molecule has 1 saturated carbocycles. The molecule has 7 nitrogen and oxygen atoms in total. The average molecular weight is 379 g/mol. The van der Waals surface area contributed by atoms with Gasteiger partial charge in [0.15, 0.2) is 11.6 Å². The average Bonchev–Trinajstić information content (AvgIpc) is 2.69. The van der Waals surface area contributed by atoms with Crippen LogP contribution >= 0.6 is 0 Å². The number of hydrogen-bond donors (Lipinski definition) is 3. The van der Waals surface area contributed by atoms with Gasteiger partial charge in [-0.2, -0.15) is 0 Å². The molecule has 1 aliphatic carbocycles. The highest BCUT2D eigenvalue weighted by atomic mass is 16.3. The summed E-state index contributed by atoms with van der Waals surface area (Å²) in [6, 6.07) is 0. The molecule has 3 rings (SSSR count). The Morgan fingerprint density at radius 2 is 1.56 bits per heavy atom. The number of rotatable bonds is 7. The van der Waals surface area contributed by atoms with Crippen LogP contribution in [0.4, 0.5) is 0 Å². The highest BCUT2D eigenvalue weighted by molar-refractivity contribution is 6.21. The third-order valence-corrected chi connectivity index (χ3v) is 6.25. The molecular formula is C20H34N4O3. The number of piperidine rings is 1. The van der Waals surface area contributed by atoms with Crippen molar-refractivity contribution in [2.24, 2.45) is 11.8 Å². The Labute approximate surface area is 162 Å². The van der Waals surface area contributed by atoms with E-state index in [2.05, 4.69) is 20.4 Å². The van der Waals surface area contributed by atoms with Crippen LogP contribution in [0.1, 0.15) is 25.7 Å². The van der Waals surface area contributed by atoms with Crippen LogP contribution in [0.2, 0.25) is 0 Å². The fourth-order valence-electron chi connectivity index (χ4n) is 4.51. The summed E-state index contributed by atoms with van der Waals surface area (Å²) in [5.74, 6) is 0.775. The van der Waals surface area contributed by atoms with E-state index in [-0.39, 0.29) is 24.1 Å². The maximum Gasteiger partial charge on any atom is 0.168 e. The summed E-state index contributed by atoms with van der Waals surface area (Å²) in [7, 11) is 0. The van der Waals surface area contributed by atoms with Crippen molar-refractivity contribution in [3.8, 4) is 0 Å². The molecule has 0 aromatic carbocycles. The zero-order chi connectivity index (χ0) is 19.1. The molecule has 0 amide bonds. The van der Waals surface area contributed by atoms with Gasteiger partial charge in [-0.25, -0.2) is 0 Å². The Bertz CT molecular complexity index is 517. The van der Waals surface area contributed by atoms with Gasteiger partial charge >= 0.3 is 0 Å². The Morgan fingerprint density at radius 1 is 0.963 bits per heavy atom. The molecule has 0 aromatic rings. The summed E-state index contributed by atoms with van der Waals surface area (Å²) in [6.07, 6.45) is 4.86. The highest BCUT2D eigenvalue weighted by Crippen LogP contribution is 2.33. The second kappa shape index (κ2) is 10.3. The van der Waals surface area contributed by atoms with Crippen LogP contribution in [-0.2, 0) is 9.59 Å². The molecule has 2 aliphatic heterocycles. The maximum absolute atomic E-state index is 12.5. The number of piperazine rings is 1. The van der Waals surface area contributed by atoms with Gasteiger partial charge in [-0.15, -0.1) is 0 Å². The molecule has 0 atom stereocenters. The number of nitrogens with zero attached hydrogens (tertiary/aromatic N) is 2. The van der Waals surface area contributed by atoms with Crippen molar-refractivity contribution in [2.45, 2.75) is 25.7 Å². The van der Waals surface area contributed by atoms with Crippen LogP contribution in [0, 0.1) is 11.8 Å². The summed E-state index contributed by atoms with van der Waals surface area (Å²) in [4.78, 5) is 29.6. The smallest absolute Gasteiger partial charge is 0.168 e. The number of aliphatic hydroxyl groups is 1. The van der Waals surface area contributed by atoms with Crippen LogP contribution in [0.25, 0.3) is 0 Å². The quantitative estimate of drug-likeness (QED) is 0.316. The van der Waals surface area contributed by atoms with E-state index >= 15 is 0 Å². The van der Waals surface area contributed by atoms with Gasteiger partial charge in [-0.1, -0.05) is 0 Å². The van der Waals surface area contributed by atoms with Crippen LogP contribution in [0.5, 0.6) is 0 Å². The van der Waals surface area contributed by atoms with E-state index < -0.39 is 0 Å². The molecule has 0 radical (unpaired) electrons. The molecule has 152 valence electrons. The van der Waals surface area contributed by atoms with E-state index in [1.165, 1.54) is 0 Å². The first-order valence-electron chi connectivity index (χ1n) is 10.4. The van der Waals surface area contributed by atoms with Crippen molar-refractivity contribution >= 4 is 11.6 Å². The minimum Gasteiger partial charge on any atom is -0.395 e. The molecule has 3 N–H and O–H groups in total. The van der Waals surface area contributed by atoms with Crippen LogP contribution in [-0.4, -0.2) is 92.0 Å².